The SMILES string of the molecule is CCNC(=NCC(C)(O)c1cnn(C)c1)NCC1(c2ccccc2)CCC1. The second-order valence-corrected chi connectivity index (χ2v) is 7.73. The van der Waals surface area contributed by atoms with Crippen LogP contribution in [0.4, 0.5) is 0 Å². The van der Waals surface area contributed by atoms with E-state index >= 15 is 0 Å². The standard InChI is InChI=1S/C21H31N5O/c1-4-22-19(23-15-20(2,27)18-13-25-26(3)14-18)24-16-21(11-8-12-21)17-9-6-5-7-10-17/h5-7,9-10,13-14,27H,4,8,11-12,15-16H2,1-3H3,(H2,22,23,24). The van der Waals surface area contributed by atoms with Gasteiger partial charge in [0.2, 0.25) is 0 Å². The smallest absolute Gasteiger partial charge is 0.191 e. The number of nitrogens with zero attached hydrogens (tertiary/aromatic N) is 3. The Labute approximate surface area is 161 Å². The molecule has 6 heteroatoms. The second kappa shape index (κ2) is 8.13. The van der Waals surface area contributed by atoms with Gasteiger partial charge in [-0.3, -0.25) is 4.68 Å². The van der Waals surface area contributed by atoms with E-state index < -0.39 is 5.60 Å². The largest absolute Gasteiger partial charge is 0.383 e. The summed E-state index contributed by atoms with van der Waals surface area (Å²) in [6, 6.07) is 10.7. The summed E-state index contributed by atoms with van der Waals surface area (Å²) in [5.41, 5.74) is 1.29. The molecule has 0 amide bonds. The van der Waals surface area contributed by atoms with Crippen LogP contribution in [0, 0.1) is 0 Å². The normalized spacial score (nSPS) is 18.4. The van der Waals surface area contributed by atoms with Crippen molar-refractivity contribution in [3.63, 3.8) is 0 Å². The lowest BCUT2D eigenvalue weighted by atomic mass is 9.64. The average molecular weight is 370 g/mol. The monoisotopic (exact) mass is 369 g/mol. The first-order valence-electron chi connectivity index (χ1n) is 9.74. The van der Waals surface area contributed by atoms with Crippen LogP contribution in [-0.2, 0) is 18.1 Å². The minimum Gasteiger partial charge on any atom is -0.383 e. The highest BCUT2D eigenvalue weighted by atomic mass is 16.3. The van der Waals surface area contributed by atoms with Gasteiger partial charge in [0.05, 0.1) is 12.7 Å². The summed E-state index contributed by atoms with van der Waals surface area (Å²) in [5.74, 6) is 0.740. The van der Waals surface area contributed by atoms with Crippen LogP contribution in [-0.4, -0.2) is 40.5 Å². The van der Waals surface area contributed by atoms with Crippen LogP contribution in [0.3, 0.4) is 0 Å². The van der Waals surface area contributed by atoms with Crippen molar-refractivity contribution in [2.24, 2.45) is 12.0 Å². The van der Waals surface area contributed by atoms with Gasteiger partial charge in [-0.15, -0.1) is 0 Å². The van der Waals surface area contributed by atoms with Gasteiger partial charge >= 0.3 is 0 Å². The topological polar surface area (TPSA) is 74.5 Å². The molecule has 3 rings (SSSR count). The number of aryl methyl sites for hydroxylation is 1. The zero-order chi connectivity index (χ0) is 19.3. The number of rotatable bonds is 7. The number of aliphatic hydroxyl groups is 1. The Morgan fingerprint density at radius 3 is 2.59 bits per heavy atom. The fourth-order valence-corrected chi connectivity index (χ4v) is 3.58. The van der Waals surface area contributed by atoms with Crippen molar-refractivity contribution >= 4 is 5.96 Å². The maximum absolute atomic E-state index is 10.8. The summed E-state index contributed by atoms with van der Waals surface area (Å²) < 4.78 is 1.69. The van der Waals surface area contributed by atoms with Crippen molar-refractivity contribution in [1.82, 2.24) is 20.4 Å². The summed E-state index contributed by atoms with van der Waals surface area (Å²) in [6.45, 7) is 5.71. The van der Waals surface area contributed by atoms with E-state index in [1.54, 1.807) is 17.8 Å². The third-order valence-corrected chi connectivity index (χ3v) is 5.51. The predicted octanol–water partition coefficient (Wildman–Crippen LogP) is 2.30. The van der Waals surface area contributed by atoms with Crippen LogP contribution in [0.5, 0.6) is 0 Å². The zero-order valence-electron chi connectivity index (χ0n) is 16.6. The van der Waals surface area contributed by atoms with Gasteiger partial charge in [0.1, 0.15) is 5.60 Å². The first-order chi connectivity index (χ1) is 13.0. The Hall–Kier alpha value is -2.34. The predicted molar refractivity (Wildman–Crippen MR) is 109 cm³/mol. The Morgan fingerprint density at radius 1 is 1.30 bits per heavy atom. The lowest BCUT2D eigenvalue weighted by Gasteiger charge is -2.43. The molecule has 0 aliphatic heterocycles. The molecule has 146 valence electrons. The first kappa shape index (κ1) is 19.4. The maximum atomic E-state index is 10.8. The molecule has 1 atom stereocenters. The molecule has 0 spiro atoms. The van der Waals surface area contributed by atoms with Gasteiger partial charge < -0.3 is 15.7 Å². The molecule has 0 saturated heterocycles. The highest BCUT2D eigenvalue weighted by Gasteiger charge is 2.38. The molecule has 27 heavy (non-hydrogen) atoms. The fourth-order valence-electron chi connectivity index (χ4n) is 3.58. The highest BCUT2D eigenvalue weighted by Crippen LogP contribution is 2.43. The third kappa shape index (κ3) is 4.50. The van der Waals surface area contributed by atoms with Gasteiger partial charge in [0.15, 0.2) is 5.96 Å². The van der Waals surface area contributed by atoms with Gasteiger partial charge in [-0.05, 0) is 32.3 Å². The Balaban J connectivity index is 1.67. The zero-order valence-corrected chi connectivity index (χ0v) is 16.6. The summed E-state index contributed by atoms with van der Waals surface area (Å²) in [7, 11) is 1.84. The average Bonchev–Trinajstić information content (AvgIpc) is 3.07. The molecule has 1 heterocycles. The van der Waals surface area contributed by atoms with Gasteiger partial charge in [0.25, 0.3) is 0 Å². The minimum absolute atomic E-state index is 0.184. The van der Waals surface area contributed by atoms with Crippen LogP contribution < -0.4 is 10.6 Å². The molecule has 1 aliphatic rings. The van der Waals surface area contributed by atoms with Crippen LogP contribution in [0.1, 0.15) is 44.2 Å². The van der Waals surface area contributed by atoms with Gasteiger partial charge in [-0.2, -0.15) is 5.10 Å². The fraction of sp³-hybridized carbons (Fsp3) is 0.524. The molecule has 3 N–H and O–H groups in total. The van der Waals surface area contributed by atoms with Crippen LogP contribution in [0.15, 0.2) is 47.7 Å². The van der Waals surface area contributed by atoms with E-state index in [4.69, 9.17) is 0 Å². The second-order valence-electron chi connectivity index (χ2n) is 7.73. The van der Waals surface area contributed by atoms with E-state index in [0.29, 0.717) is 0 Å². The number of aromatic nitrogens is 2. The maximum Gasteiger partial charge on any atom is 0.191 e. The van der Waals surface area contributed by atoms with Crippen LogP contribution >= 0.6 is 0 Å². The first-order valence-corrected chi connectivity index (χ1v) is 9.74. The van der Waals surface area contributed by atoms with E-state index in [-0.39, 0.29) is 12.0 Å². The van der Waals surface area contributed by atoms with E-state index in [0.717, 1.165) is 24.6 Å². The molecule has 1 saturated carbocycles. The molecule has 1 fully saturated rings. The Kier molecular flexibility index (Phi) is 5.85. The lowest BCUT2D eigenvalue weighted by molar-refractivity contribution is 0.0671. The summed E-state index contributed by atoms with van der Waals surface area (Å²) in [5, 5.41) is 21.7. The van der Waals surface area contributed by atoms with Crippen molar-refractivity contribution in [2.45, 2.75) is 44.1 Å². The summed E-state index contributed by atoms with van der Waals surface area (Å²) >= 11 is 0. The Bertz CT molecular complexity index is 762. The van der Waals surface area contributed by atoms with E-state index in [1.165, 1.54) is 24.8 Å². The number of benzene rings is 1. The van der Waals surface area contributed by atoms with E-state index in [1.807, 2.05) is 20.2 Å². The number of aliphatic imine (C=N–C) groups is 1. The number of guanidine groups is 1. The molecule has 6 nitrogen and oxygen atoms in total. The molecule has 1 unspecified atom stereocenters. The van der Waals surface area contributed by atoms with Gasteiger partial charge in [-0.25, -0.2) is 4.99 Å². The molecule has 1 aromatic heterocycles. The highest BCUT2D eigenvalue weighted by molar-refractivity contribution is 5.80. The number of nitrogens with one attached hydrogen (secondary N) is 2. The molecule has 1 aromatic carbocycles. The van der Waals surface area contributed by atoms with Crippen LogP contribution in [0.2, 0.25) is 0 Å². The lowest BCUT2D eigenvalue weighted by Crippen LogP contribution is -2.49. The van der Waals surface area contributed by atoms with Crippen molar-refractivity contribution in [1.29, 1.82) is 0 Å². The quantitative estimate of drug-likeness (QED) is 0.517. The van der Waals surface area contributed by atoms with Crippen LogP contribution in [0.25, 0.3) is 0 Å². The van der Waals surface area contributed by atoms with Gasteiger partial charge in [-0.1, -0.05) is 36.8 Å². The number of hydrogen-bond donors (Lipinski definition) is 3. The minimum atomic E-state index is -1.05. The third-order valence-electron chi connectivity index (χ3n) is 5.51. The Morgan fingerprint density at radius 2 is 2.04 bits per heavy atom. The number of hydrogen-bond acceptors (Lipinski definition) is 3. The van der Waals surface area contributed by atoms with E-state index in [9.17, 15) is 5.11 Å². The molecular formula is C21H31N5O. The van der Waals surface area contributed by atoms with Crippen molar-refractivity contribution in [2.75, 3.05) is 19.6 Å². The van der Waals surface area contributed by atoms with Gasteiger partial charge in [0, 0.05) is 37.3 Å². The van der Waals surface area contributed by atoms with E-state index in [2.05, 4.69) is 51.1 Å². The molecule has 0 radical (unpaired) electrons. The van der Waals surface area contributed by atoms with Crippen molar-refractivity contribution in [3.8, 4) is 0 Å². The molecule has 0 bridgehead atoms. The van der Waals surface area contributed by atoms with Crippen molar-refractivity contribution in [3.05, 3.63) is 53.9 Å². The molecule has 1 aliphatic carbocycles. The summed E-state index contributed by atoms with van der Waals surface area (Å²) in [4.78, 5) is 4.63. The van der Waals surface area contributed by atoms with Crippen molar-refractivity contribution < 1.29 is 5.11 Å². The summed E-state index contributed by atoms with van der Waals surface area (Å²) in [6.07, 6.45) is 7.16. The molecular weight excluding hydrogens is 338 g/mol. The molecule has 2 aromatic rings.